The van der Waals surface area contributed by atoms with Crippen molar-refractivity contribution in [2.45, 2.75) is 69.4 Å². The first-order valence-electron chi connectivity index (χ1n) is 12.8. The van der Waals surface area contributed by atoms with Gasteiger partial charge in [0.25, 0.3) is 0 Å². The van der Waals surface area contributed by atoms with Gasteiger partial charge in [-0.25, -0.2) is 9.18 Å². The Bertz CT molecular complexity index is 793. The maximum absolute atomic E-state index is 15.1. The molecule has 0 spiro atoms. The Hall–Kier alpha value is -1.41. The summed E-state index contributed by atoms with van der Waals surface area (Å²) < 4.78 is 20.3. The predicted octanol–water partition coefficient (Wildman–Crippen LogP) is 4.68. The Morgan fingerprint density at radius 3 is 2.76 bits per heavy atom. The molecule has 3 atom stereocenters. The number of halogens is 2. The van der Waals surface area contributed by atoms with E-state index in [0.717, 1.165) is 38.6 Å². The summed E-state index contributed by atoms with van der Waals surface area (Å²) in [4.78, 5) is 15.1. The van der Waals surface area contributed by atoms with Crippen molar-refractivity contribution in [2.24, 2.45) is 11.8 Å². The Morgan fingerprint density at radius 1 is 1.29 bits per heavy atom. The van der Waals surface area contributed by atoms with E-state index in [-0.39, 0.29) is 28.6 Å². The third-order valence-electron chi connectivity index (χ3n) is 7.66. The fourth-order valence-electron chi connectivity index (χ4n) is 5.75. The van der Waals surface area contributed by atoms with Gasteiger partial charge in [0, 0.05) is 50.9 Å². The van der Waals surface area contributed by atoms with Gasteiger partial charge < -0.3 is 25.4 Å². The quantitative estimate of drug-likeness (QED) is 0.388. The number of likely N-dealkylation sites (tertiary alicyclic amines) is 1. The second-order valence-electron chi connectivity index (χ2n) is 9.92. The van der Waals surface area contributed by atoms with Gasteiger partial charge in [0.2, 0.25) is 0 Å². The van der Waals surface area contributed by atoms with Gasteiger partial charge in [-0.05, 0) is 64.0 Å². The van der Waals surface area contributed by atoms with Crippen LogP contribution in [-0.4, -0.2) is 62.5 Å². The zero-order valence-electron chi connectivity index (χ0n) is 20.6. The van der Waals surface area contributed by atoms with Crippen molar-refractivity contribution in [3.63, 3.8) is 0 Å². The molecule has 34 heavy (non-hydrogen) atoms. The van der Waals surface area contributed by atoms with Crippen LogP contribution < -0.4 is 10.6 Å². The molecule has 1 aliphatic heterocycles. The number of nitrogens with zero attached hydrogens (tertiary/aromatic N) is 1. The van der Waals surface area contributed by atoms with Gasteiger partial charge in [0.05, 0.1) is 10.6 Å². The summed E-state index contributed by atoms with van der Waals surface area (Å²) in [6.07, 6.45) is 8.05. The topological polar surface area (TPSA) is 73.8 Å². The van der Waals surface area contributed by atoms with Crippen molar-refractivity contribution in [2.75, 3.05) is 40.4 Å². The first-order valence-corrected chi connectivity index (χ1v) is 13.1. The lowest BCUT2D eigenvalue weighted by Gasteiger charge is -2.43. The molecular weight excluding hydrogens is 457 g/mol. The number of likely N-dealkylation sites (N-methyl/N-ethyl adjacent to an activating group) is 1. The lowest BCUT2D eigenvalue weighted by molar-refractivity contribution is -0.0588. The number of unbranched alkanes of at least 4 members (excludes halogenated alkanes) is 1. The molecule has 1 aliphatic carbocycles. The van der Waals surface area contributed by atoms with E-state index >= 15 is 4.39 Å². The van der Waals surface area contributed by atoms with E-state index in [1.807, 2.05) is 7.05 Å². The fraction of sp³-hybridized carbons (Fsp3) is 0.731. The highest BCUT2D eigenvalue weighted by atomic mass is 35.5. The van der Waals surface area contributed by atoms with Crippen molar-refractivity contribution in [1.29, 1.82) is 0 Å². The zero-order valence-corrected chi connectivity index (χ0v) is 21.4. The fourth-order valence-corrected chi connectivity index (χ4v) is 5.93. The number of hydrogen-bond acceptors (Lipinski definition) is 4. The number of rotatable bonds is 11. The van der Waals surface area contributed by atoms with E-state index in [0.29, 0.717) is 38.5 Å². The van der Waals surface area contributed by atoms with E-state index in [2.05, 4.69) is 10.6 Å². The Kier molecular flexibility index (Phi) is 10.4. The highest BCUT2D eigenvalue weighted by molar-refractivity contribution is 6.30. The van der Waals surface area contributed by atoms with Gasteiger partial charge in [-0.3, -0.25) is 0 Å². The Labute approximate surface area is 208 Å². The minimum absolute atomic E-state index is 0.00435. The zero-order chi connectivity index (χ0) is 24.6. The average molecular weight is 498 g/mol. The molecule has 6 nitrogen and oxygen atoms in total. The van der Waals surface area contributed by atoms with Crippen LogP contribution in [0.25, 0.3) is 0 Å². The van der Waals surface area contributed by atoms with E-state index in [1.165, 1.54) is 18.9 Å². The predicted molar refractivity (Wildman–Crippen MR) is 134 cm³/mol. The number of nitrogens with one attached hydrogen (secondary N) is 2. The molecule has 8 heteroatoms. The van der Waals surface area contributed by atoms with E-state index in [9.17, 15) is 9.90 Å². The monoisotopic (exact) mass is 497 g/mol. The average Bonchev–Trinajstić information content (AvgIpc) is 3.38. The summed E-state index contributed by atoms with van der Waals surface area (Å²) in [6, 6.07) is 4.80. The van der Waals surface area contributed by atoms with Gasteiger partial charge in [0.15, 0.2) is 0 Å². The third kappa shape index (κ3) is 6.62. The number of amides is 2. The van der Waals surface area contributed by atoms with Gasteiger partial charge in [-0.15, -0.1) is 0 Å². The number of hydrogen-bond donors (Lipinski definition) is 3. The molecular formula is C26H41ClFN3O3. The van der Waals surface area contributed by atoms with Crippen LogP contribution in [0.1, 0.15) is 63.4 Å². The van der Waals surface area contributed by atoms with E-state index in [1.54, 1.807) is 24.1 Å². The first-order chi connectivity index (χ1) is 16.4. The lowest BCUT2D eigenvalue weighted by Crippen LogP contribution is -2.55. The SMILES string of the molecule is CNCC(NC(=O)N1CCC[C@@H]([C@@](O)(CCCCOC)c2cccc(Cl)c2F)C1)C1CCCC1. The van der Waals surface area contributed by atoms with Gasteiger partial charge in [0.1, 0.15) is 5.82 Å². The summed E-state index contributed by atoms with van der Waals surface area (Å²) in [6.45, 7) is 2.35. The molecule has 1 unspecified atom stereocenters. The largest absolute Gasteiger partial charge is 0.385 e. The van der Waals surface area contributed by atoms with Crippen molar-refractivity contribution < 1.29 is 19.0 Å². The van der Waals surface area contributed by atoms with Gasteiger partial charge in [-0.2, -0.15) is 0 Å². The molecule has 2 amide bonds. The molecule has 2 aliphatic rings. The second-order valence-corrected chi connectivity index (χ2v) is 10.3. The number of benzene rings is 1. The number of ether oxygens (including phenoxy) is 1. The minimum Gasteiger partial charge on any atom is -0.385 e. The molecule has 1 saturated heterocycles. The summed E-state index contributed by atoms with van der Waals surface area (Å²) in [5.74, 6) is -0.359. The van der Waals surface area contributed by atoms with Crippen LogP contribution in [0.3, 0.4) is 0 Å². The molecule has 1 heterocycles. The van der Waals surface area contributed by atoms with Gasteiger partial charge in [-0.1, -0.05) is 36.6 Å². The second kappa shape index (κ2) is 13.1. The van der Waals surface area contributed by atoms with E-state index in [4.69, 9.17) is 16.3 Å². The van der Waals surface area contributed by atoms with Crippen LogP contribution >= 0.6 is 11.6 Å². The summed E-state index contributed by atoms with van der Waals surface area (Å²) in [5, 5.41) is 18.4. The molecule has 0 radical (unpaired) electrons. The van der Waals surface area contributed by atoms with Crippen LogP contribution in [0.15, 0.2) is 18.2 Å². The molecule has 1 aromatic carbocycles. The first kappa shape index (κ1) is 27.2. The van der Waals surface area contributed by atoms with Crippen LogP contribution in [-0.2, 0) is 10.3 Å². The molecule has 1 saturated carbocycles. The van der Waals surface area contributed by atoms with Crippen LogP contribution in [0, 0.1) is 17.7 Å². The summed E-state index contributed by atoms with van der Waals surface area (Å²) in [7, 11) is 3.56. The molecule has 3 N–H and O–H groups in total. The third-order valence-corrected chi connectivity index (χ3v) is 7.95. The lowest BCUT2D eigenvalue weighted by atomic mass is 9.74. The normalized spacial score (nSPS) is 21.9. The van der Waals surface area contributed by atoms with Crippen molar-refractivity contribution in [1.82, 2.24) is 15.5 Å². The maximum atomic E-state index is 15.1. The van der Waals surface area contributed by atoms with Gasteiger partial charge >= 0.3 is 6.03 Å². The molecule has 0 bridgehead atoms. The number of carbonyl (C=O) groups is 1. The molecule has 192 valence electrons. The number of urea groups is 1. The molecule has 0 aromatic heterocycles. The highest BCUT2D eigenvalue weighted by Gasteiger charge is 2.43. The highest BCUT2D eigenvalue weighted by Crippen LogP contribution is 2.42. The van der Waals surface area contributed by atoms with Crippen molar-refractivity contribution in [3.8, 4) is 0 Å². The molecule has 2 fully saturated rings. The summed E-state index contributed by atoms with van der Waals surface area (Å²) >= 11 is 6.08. The number of carbonyl (C=O) groups excluding carboxylic acids is 1. The van der Waals surface area contributed by atoms with Crippen LogP contribution in [0.5, 0.6) is 0 Å². The van der Waals surface area contributed by atoms with Crippen LogP contribution in [0.2, 0.25) is 5.02 Å². The van der Waals surface area contributed by atoms with Crippen molar-refractivity contribution >= 4 is 17.6 Å². The summed E-state index contributed by atoms with van der Waals surface area (Å²) in [5.41, 5.74) is -1.18. The van der Waals surface area contributed by atoms with Crippen molar-refractivity contribution in [3.05, 3.63) is 34.6 Å². The smallest absolute Gasteiger partial charge is 0.317 e. The standard InChI is InChI=1S/C26H41ClFN3O3/c1-29-17-23(19-9-3-4-10-19)30-25(32)31-15-8-11-20(18-31)26(33,14-5-6-16-34-2)21-12-7-13-22(27)24(21)28/h7,12-13,19-20,23,29,33H,3-6,8-11,14-18H2,1-2H3,(H,30,32)/t20-,23?,26+/m1/s1. The Balaban J connectivity index is 1.76. The number of piperidine rings is 1. The molecule has 3 rings (SSSR count). The number of aliphatic hydroxyl groups is 1. The Morgan fingerprint density at radius 2 is 2.06 bits per heavy atom. The number of methoxy groups -OCH3 is 1. The van der Waals surface area contributed by atoms with Crippen LogP contribution in [0.4, 0.5) is 9.18 Å². The maximum Gasteiger partial charge on any atom is 0.317 e. The minimum atomic E-state index is -1.41. The molecule has 1 aromatic rings. The van der Waals surface area contributed by atoms with E-state index < -0.39 is 11.4 Å².